The van der Waals surface area contributed by atoms with Gasteiger partial charge in [0.2, 0.25) is 11.8 Å². The second kappa shape index (κ2) is 11.2. The van der Waals surface area contributed by atoms with Crippen LogP contribution in [-0.2, 0) is 9.59 Å². The molecule has 1 heterocycles. The fourth-order valence-electron chi connectivity index (χ4n) is 3.31. The summed E-state index contributed by atoms with van der Waals surface area (Å²) < 4.78 is 10.9. The lowest BCUT2D eigenvalue weighted by atomic mass is 10.2. The first-order valence-electron chi connectivity index (χ1n) is 10.3. The molecule has 0 atom stereocenters. The van der Waals surface area contributed by atoms with E-state index in [0.717, 1.165) is 36.8 Å². The summed E-state index contributed by atoms with van der Waals surface area (Å²) in [7, 11) is 1.64. The van der Waals surface area contributed by atoms with Gasteiger partial charge in [0, 0.05) is 51.3 Å². The number of nitrogens with zero attached hydrogens (tertiary/aromatic N) is 2. The van der Waals surface area contributed by atoms with Crippen molar-refractivity contribution in [1.29, 1.82) is 0 Å². The average Bonchev–Trinajstić information content (AvgIpc) is 2.79. The molecular formula is C23H29N3O4. The fourth-order valence-corrected chi connectivity index (χ4v) is 3.31. The van der Waals surface area contributed by atoms with Crippen LogP contribution >= 0.6 is 0 Å². The molecule has 2 aromatic carbocycles. The molecule has 2 amide bonds. The molecule has 3 rings (SSSR count). The Bertz CT molecular complexity index is 803. The normalized spacial score (nSPS) is 14.2. The van der Waals surface area contributed by atoms with Crippen molar-refractivity contribution in [2.45, 2.75) is 12.8 Å². The van der Waals surface area contributed by atoms with Gasteiger partial charge >= 0.3 is 0 Å². The van der Waals surface area contributed by atoms with E-state index >= 15 is 0 Å². The van der Waals surface area contributed by atoms with Crippen LogP contribution in [0.4, 0.5) is 5.69 Å². The van der Waals surface area contributed by atoms with Crippen molar-refractivity contribution in [1.82, 2.24) is 9.80 Å². The van der Waals surface area contributed by atoms with Gasteiger partial charge < -0.3 is 19.7 Å². The first kappa shape index (κ1) is 21.6. The number of para-hydroxylation sites is 1. The van der Waals surface area contributed by atoms with E-state index in [1.54, 1.807) is 7.11 Å². The van der Waals surface area contributed by atoms with E-state index in [-0.39, 0.29) is 24.7 Å². The number of carbonyl (C=O) groups is 2. The van der Waals surface area contributed by atoms with Crippen molar-refractivity contribution in [3.8, 4) is 11.5 Å². The van der Waals surface area contributed by atoms with Crippen molar-refractivity contribution in [3.63, 3.8) is 0 Å². The second-order valence-electron chi connectivity index (χ2n) is 7.16. The Kier molecular flexibility index (Phi) is 8.09. The molecule has 1 saturated heterocycles. The highest BCUT2D eigenvalue weighted by Crippen LogP contribution is 2.17. The van der Waals surface area contributed by atoms with Crippen molar-refractivity contribution in [3.05, 3.63) is 54.6 Å². The Labute approximate surface area is 177 Å². The van der Waals surface area contributed by atoms with E-state index in [1.165, 1.54) is 0 Å². The van der Waals surface area contributed by atoms with Crippen LogP contribution in [0.1, 0.15) is 12.8 Å². The molecule has 7 nitrogen and oxygen atoms in total. The van der Waals surface area contributed by atoms with Crippen LogP contribution in [0.2, 0.25) is 0 Å². The molecule has 1 aliphatic rings. The minimum Gasteiger partial charge on any atom is -0.497 e. The molecule has 2 aromatic rings. The highest BCUT2D eigenvalue weighted by Gasteiger charge is 2.21. The number of nitrogens with one attached hydrogen (secondary N) is 1. The molecular weight excluding hydrogens is 382 g/mol. The lowest BCUT2D eigenvalue weighted by Gasteiger charge is -2.34. The predicted molar refractivity (Wildman–Crippen MR) is 116 cm³/mol. The summed E-state index contributed by atoms with van der Waals surface area (Å²) in [5.41, 5.74) is 0.750. The molecule has 7 heteroatoms. The Hall–Kier alpha value is -3.06. The first-order chi connectivity index (χ1) is 14.6. The van der Waals surface area contributed by atoms with Gasteiger partial charge in [-0.15, -0.1) is 0 Å². The van der Waals surface area contributed by atoms with Crippen LogP contribution in [0, 0.1) is 0 Å². The fraction of sp³-hybridized carbons (Fsp3) is 0.391. The number of hydrogen-bond donors (Lipinski definition) is 1. The third-order valence-corrected chi connectivity index (χ3v) is 5.08. The monoisotopic (exact) mass is 411 g/mol. The van der Waals surface area contributed by atoms with E-state index in [4.69, 9.17) is 9.47 Å². The summed E-state index contributed by atoms with van der Waals surface area (Å²) in [6.07, 6.45) is 0.433. The first-order valence-corrected chi connectivity index (χ1v) is 10.3. The molecule has 0 spiro atoms. The molecule has 0 bridgehead atoms. The SMILES string of the molecule is COc1ccc(OCCN2CCN(C(=O)CCC(=O)Nc3ccccc3)CC2)cc1. The summed E-state index contributed by atoms with van der Waals surface area (Å²) in [5, 5.41) is 2.81. The van der Waals surface area contributed by atoms with Crippen molar-refractivity contribution < 1.29 is 19.1 Å². The van der Waals surface area contributed by atoms with E-state index in [9.17, 15) is 9.59 Å². The highest BCUT2D eigenvalue weighted by molar-refractivity contribution is 5.93. The molecule has 1 fully saturated rings. The Morgan fingerprint density at radius 1 is 0.900 bits per heavy atom. The Morgan fingerprint density at radius 3 is 2.23 bits per heavy atom. The van der Waals surface area contributed by atoms with Crippen LogP contribution in [0.3, 0.4) is 0 Å². The average molecular weight is 412 g/mol. The number of hydrogen-bond acceptors (Lipinski definition) is 5. The number of ether oxygens (including phenoxy) is 2. The standard InChI is InChI=1S/C23H29N3O4/c1-29-20-7-9-21(10-8-20)30-18-17-25-13-15-26(16-14-25)23(28)12-11-22(27)24-19-5-3-2-4-6-19/h2-10H,11-18H2,1H3,(H,24,27). The van der Waals surface area contributed by atoms with Crippen molar-refractivity contribution in [2.75, 3.05) is 51.8 Å². The van der Waals surface area contributed by atoms with Crippen LogP contribution < -0.4 is 14.8 Å². The van der Waals surface area contributed by atoms with E-state index in [2.05, 4.69) is 10.2 Å². The lowest BCUT2D eigenvalue weighted by Crippen LogP contribution is -2.49. The maximum Gasteiger partial charge on any atom is 0.224 e. The van der Waals surface area contributed by atoms with Gasteiger partial charge in [0.1, 0.15) is 18.1 Å². The minimum absolute atomic E-state index is 0.0346. The van der Waals surface area contributed by atoms with Crippen LogP contribution in [-0.4, -0.2) is 68.1 Å². The zero-order chi connectivity index (χ0) is 21.2. The lowest BCUT2D eigenvalue weighted by molar-refractivity contribution is -0.134. The molecule has 0 radical (unpaired) electrons. The number of benzene rings is 2. The smallest absolute Gasteiger partial charge is 0.224 e. The zero-order valence-corrected chi connectivity index (χ0v) is 17.4. The molecule has 0 aromatic heterocycles. The van der Waals surface area contributed by atoms with Crippen LogP contribution in [0.25, 0.3) is 0 Å². The molecule has 160 valence electrons. The van der Waals surface area contributed by atoms with Gasteiger partial charge in [-0.3, -0.25) is 14.5 Å². The van der Waals surface area contributed by atoms with E-state index < -0.39 is 0 Å². The van der Waals surface area contributed by atoms with Crippen molar-refractivity contribution in [2.24, 2.45) is 0 Å². The second-order valence-corrected chi connectivity index (χ2v) is 7.16. The zero-order valence-electron chi connectivity index (χ0n) is 17.4. The van der Waals surface area contributed by atoms with E-state index in [1.807, 2.05) is 59.5 Å². The largest absolute Gasteiger partial charge is 0.497 e. The molecule has 30 heavy (non-hydrogen) atoms. The number of amides is 2. The quantitative estimate of drug-likeness (QED) is 0.687. The Balaban J connectivity index is 1.30. The molecule has 1 N–H and O–H groups in total. The molecule has 0 aliphatic carbocycles. The van der Waals surface area contributed by atoms with Gasteiger partial charge in [-0.2, -0.15) is 0 Å². The topological polar surface area (TPSA) is 71.1 Å². The summed E-state index contributed by atoms with van der Waals surface area (Å²) in [6, 6.07) is 16.8. The third-order valence-electron chi connectivity index (χ3n) is 5.08. The summed E-state index contributed by atoms with van der Waals surface area (Å²) in [5.74, 6) is 1.52. The number of rotatable bonds is 9. The molecule has 1 aliphatic heterocycles. The van der Waals surface area contributed by atoms with Gasteiger partial charge in [-0.25, -0.2) is 0 Å². The third kappa shape index (κ3) is 6.77. The van der Waals surface area contributed by atoms with Crippen molar-refractivity contribution >= 4 is 17.5 Å². The number of piperazine rings is 1. The molecule has 0 saturated carbocycles. The van der Waals surface area contributed by atoms with Gasteiger partial charge in [0.25, 0.3) is 0 Å². The van der Waals surface area contributed by atoms with Crippen LogP contribution in [0.15, 0.2) is 54.6 Å². The number of anilines is 1. The minimum atomic E-state index is -0.135. The predicted octanol–water partition coefficient (Wildman–Crippen LogP) is 2.64. The van der Waals surface area contributed by atoms with Crippen LogP contribution in [0.5, 0.6) is 11.5 Å². The maximum atomic E-state index is 12.4. The van der Waals surface area contributed by atoms with Gasteiger partial charge in [0.05, 0.1) is 7.11 Å². The van der Waals surface area contributed by atoms with Gasteiger partial charge in [-0.1, -0.05) is 18.2 Å². The van der Waals surface area contributed by atoms with Gasteiger partial charge in [0.15, 0.2) is 0 Å². The van der Waals surface area contributed by atoms with E-state index in [0.29, 0.717) is 19.7 Å². The number of methoxy groups -OCH3 is 1. The Morgan fingerprint density at radius 2 is 1.57 bits per heavy atom. The summed E-state index contributed by atoms with van der Waals surface area (Å²) >= 11 is 0. The molecule has 0 unspecified atom stereocenters. The maximum absolute atomic E-state index is 12.4. The summed E-state index contributed by atoms with van der Waals surface area (Å²) in [6.45, 7) is 4.40. The van der Waals surface area contributed by atoms with Gasteiger partial charge in [-0.05, 0) is 36.4 Å². The number of carbonyl (C=O) groups excluding carboxylic acids is 2. The summed E-state index contributed by atoms with van der Waals surface area (Å²) in [4.78, 5) is 28.5. The highest BCUT2D eigenvalue weighted by atomic mass is 16.5.